The zero-order chi connectivity index (χ0) is 14.1. The van der Waals surface area contributed by atoms with Crippen molar-refractivity contribution in [1.82, 2.24) is 10.2 Å². The van der Waals surface area contributed by atoms with Crippen LogP contribution in [-0.4, -0.2) is 49.6 Å². The van der Waals surface area contributed by atoms with Gasteiger partial charge in [0, 0.05) is 31.6 Å². The average molecular weight is 266 g/mol. The van der Waals surface area contributed by atoms with Gasteiger partial charge in [-0.3, -0.25) is 9.59 Å². The number of carbonyl (C=O) groups excluding carboxylic acids is 2. The first kappa shape index (κ1) is 15.4. The molecule has 5 heteroatoms. The largest absolute Gasteiger partial charge is 0.378 e. The number of morpholine rings is 1. The van der Waals surface area contributed by atoms with Gasteiger partial charge in [0.15, 0.2) is 0 Å². The molecule has 0 aromatic carbocycles. The third kappa shape index (κ3) is 5.70. The van der Waals surface area contributed by atoms with Gasteiger partial charge in [0.2, 0.25) is 11.8 Å². The number of allylic oxidation sites excluding steroid dienone is 3. The molecule has 5 nitrogen and oxygen atoms in total. The van der Waals surface area contributed by atoms with E-state index in [0.29, 0.717) is 44.8 Å². The molecule has 0 aliphatic carbocycles. The monoisotopic (exact) mass is 266 g/mol. The summed E-state index contributed by atoms with van der Waals surface area (Å²) < 4.78 is 5.18. The number of hydrogen-bond acceptors (Lipinski definition) is 3. The Morgan fingerprint density at radius 1 is 1.32 bits per heavy atom. The molecule has 1 N–H and O–H groups in total. The van der Waals surface area contributed by atoms with E-state index in [1.807, 2.05) is 19.1 Å². The van der Waals surface area contributed by atoms with Crippen molar-refractivity contribution >= 4 is 11.8 Å². The summed E-state index contributed by atoms with van der Waals surface area (Å²) in [5, 5.41) is 2.74. The molecule has 1 fully saturated rings. The van der Waals surface area contributed by atoms with Gasteiger partial charge in [-0.15, -0.1) is 0 Å². The van der Waals surface area contributed by atoms with E-state index >= 15 is 0 Å². The van der Waals surface area contributed by atoms with Crippen LogP contribution in [0.25, 0.3) is 0 Å². The van der Waals surface area contributed by atoms with Crippen molar-refractivity contribution in [2.45, 2.75) is 20.3 Å². The second-order valence-electron chi connectivity index (χ2n) is 4.37. The summed E-state index contributed by atoms with van der Waals surface area (Å²) in [4.78, 5) is 25.2. The van der Waals surface area contributed by atoms with Crippen molar-refractivity contribution < 1.29 is 14.3 Å². The highest BCUT2D eigenvalue weighted by Crippen LogP contribution is 2.00. The van der Waals surface area contributed by atoms with Gasteiger partial charge in [0.25, 0.3) is 0 Å². The van der Waals surface area contributed by atoms with E-state index in [-0.39, 0.29) is 11.8 Å². The standard InChI is InChI=1S/C14H22N2O3/c1-3-4-5-12(2)14(18)15-7-6-13(17)16-8-10-19-11-9-16/h3-5H,6-11H2,1-2H3,(H,15,18). The lowest BCUT2D eigenvalue weighted by atomic mass is 10.2. The molecule has 1 saturated heterocycles. The van der Waals surface area contributed by atoms with Gasteiger partial charge in [-0.1, -0.05) is 18.2 Å². The Balaban J connectivity index is 2.25. The quantitative estimate of drug-likeness (QED) is 0.593. The number of carbonyl (C=O) groups is 2. The van der Waals surface area contributed by atoms with Crippen molar-refractivity contribution in [3.63, 3.8) is 0 Å². The van der Waals surface area contributed by atoms with Gasteiger partial charge in [0.05, 0.1) is 13.2 Å². The Bertz CT molecular complexity index is 369. The summed E-state index contributed by atoms with van der Waals surface area (Å²) in [6.07, 6.45) is 5.76. The molecule has 0 bridgehead atoms. The Kier molecular flexibility index (Phi) is 6.89. The first-order valence-corrected chi connectivity index (χ1v) is 6.58. The second kappa shape index (κ2) is 8.48. The summed E-state index contributed by atoms with van der Waals surface area (Å²) in [5.41, 5.74) is 0.636. The van der Waals surface area contributed by atoms with E-state index in [2.05, 4.69) is 5.32 Å². The topological polar surface area (TPSA) is 58.6 Å². The maximum atomic E-state index is 11.8. The molecule has 1 aliphatic rings. The highest BCUT2D eigenvalue weighted by Gasteiger charge is 2.16. The van der Waals surface area contributed by atoms with Gasteiger partial charge < -0.3 is 15.0 Å². The van der Waals surface area contributed by atoms with Crippen LogP contribution >= 0.6 is 0 Å². The van der Waals surface area contributed by atoms with E-state index in [9.17, 15) is 9.59 Å². The van der Waals surface area contributed by atoms with Gasteiger partial charge >= 0.3 is 0 Å². The molecule has 0 saturated carbocycles. The predicted octanol–water partition coefficient (Wildman–Crippen LogP) is 0.874. The van der Waals surface area contributed by atoms with Crippen LogP contribution in [-0.2, 0) is 14.3 Å². The number of nitrogens with one attached hydrogen (secondary N) is 1. The molecule has 0 atom stereocenters. The van der Waals surface area contributed by atoms with Crippen LogP contribution < -0.4 is 5.32 Å². The summed E-state index contributed by atoms with van der Waals surface area (Å²) in [5.74, 6) is -0.0634. The molecule has 0 radical (unpaired) electrons. The molecule has 106 valence electrons. The van der Waals surface area contributed by atoms with Crippen LogP contribution in [0.15, 0.2) is 23.8 Å². The van der Waals surface area contributed by atoms with E-state index in [4.69, 9.17) is 4.74 Å². The minimum Gasteiger partial charge on any atom is -0.378 e. The molecule has 1 rings (SSSR count). The van der Waals surface area contributed by atoms with Crippen LogP contribution in [0.5, 0.6) is 0 Å². The summed E-state index contributed by atoms with van der Waals surface area (Å²) >= 11 is 0. The molecule has 0 spiro atoms. The average Bonchev–Trinajstić information content (AvgIpc) is 2.45. The van der Waals surface area contributed by atoms with Gasteiger partial charge in [-0.05, 0) is 13.8 Å². The maximum Gasteiger partial charge on any atom is 0.246 e. The zero-order valence-corrected chi connectivity index (χ0v) is 11.6. The van der Waals surface area contributed by atoms with Crippen LogP contribution in [0.1, 0.15) is 20.3 Å². The molecular weight excluding hydrogens is 244 g/mol. The number of amides is 2. The summed E-state index contributed by atoms with van der Waals surface area (Å²) in [7, 11) is 0. The third-order valence-electron chi connectivity index (χ3n) is 2.89. The number of rotatable bonds is 5. The Morgan fingerprint density at radius 2 is 2.00 bits per heavy atom. The van der Waals surface area contributed by atoms with Gasteiger partial charge in [0.1, 0.15) is 0 Å². The fraction of sp³-hybridized carbons (Fsp3) is 0.571. The fourth-order valence-corrected chi connectivity index (χ4v) is 1.71. The van der Waals surface area contributed by atoms with Crippen molar-refractivity contribution in [2.24, 2.45) is 0 Å². The summed E-state index contributed by atoms with van der Waals surface area (Å²) in [6.45, 7) is 6.50. The van der Waals surface area contributed by atoms with Crippen LogP contribution in [0.3, 0.4) is 0 Å². The lowest BCUT2D eigenvalue weighted by Crippen LogP contribution is -2.42. The third-order valence-corrected chi connectivity index (χ3v) is 2.89. The highest BCUT2D eigenvalue weighted by atomic mass is 16.5. The van der Waals surface area contributed by atoms with Crippen molar-refractivity contribution in [1.29, 1.82) is 0 Å². The molecule has 19 heavy (non-hydrogen) atoms. The van der Waals surface area contributed by atoms with Crippen molar-refractivity contribution in [3.8, 4) is 0 Å². The molecular formula is C14H22N2O3. The van der Waals surface area contributed by atoms with Crippen LogP contribution in [0.4, 0.5) is 0 Å². The molecule has 2 amide bonds. The number of ether oxygens (including phenoxy) is 1. The van der Waals surface area contributed by atoms with Crippen LogP contribution in [0.2, 0.25) is 0 Å². The zero-order valence-electron chi connectivity index (χ0n) is 11.6. The SMILES string of the molecule is CC=CC=C(C)C(=O)NCCC(=O)N1CCOCC1. The van der Waals surface area contributed by atoms with Crippen LogP contribution in [0, 0.1) is 0 Å². The van der Waals surface area contributed by atoms with Gasteiger partial charge in [-0.25, -0.2) is 0 Å². The van der Waals surface area contributed by atoms with E-state index in [0.717, 1.165) is 0 Å². The molecule has 0 aromatic heterocycles. The second-order valence-corrected chi connectivity index (χ2v) is 4.37. The van der Waals surface area contributed by atoms with Crippen molar-refractivity contribution in [3.05, 3.63) is 23.8 Å². The Labute approximate surface area is 114 Å². The van der Waals surface area contributed by atoms with Crippen molar-refractivity contribution in [2.75, 3.05) is 32.8 Å². The predicted molar refractivity (Wildman–Crippen MR) is 73.6 cm³/mol. The molecule has 0 unspecified atom stereocenters. The first-order valence-electron chi connectivity index (χ1n) is 6.58. The smallest absolute Gasteiger partial charge is 0.246 e. The lowest BCUT2D eigenvalue weighted by Gasteiger charge is -2.26. The highest BCUT2D eigenvalue weighted by molar-refractivity contribution is 5.93. The van der Waals surface area contributed by atoms with Gasteiger partial charge in [-0.2, -0.15) is 0 Å². The first-order chi connectivity index (χ1) is 9.15. The normalized spacial score (nSPS) is 16.7. The Morgan fingerprint density at radius 3 is 2.63 bits per heavy atom. The molecule has 0 aromatic rings. The maximum absolute atomic E-state index is 11.8. The summed E-state index contributed by atoms with van der Waals surface area (Å²) in [6, 6.07) is 0. The molecule has 1 aliphatic heterocycles. The minimum absolute atomic E-state index is 0.0682. The lowest BCUT2D eigenvalue weighted by molar-refractivity contribution is -0.135. The van der Waals surface area contributed by atoms with E-state index in [1.165, 1.54) is 0 Å². The number of hydrogen-bond donors (Lipinski definition) is 1. The fourth-order valence-electron chi connectivity index (χ4n) is 1.71. The molecule has 1 heterocycles. The number of nitrogens with zero attached hydrogens (tertiary/aromatic N) is 1. The van der Waals surface area contributed by atoms with E-state index < -0.39 is 0 Å². The Hall–Kier alpha value is -1.62. The van der Waals surface area contributed by atoms with E-state index in [1.54, 1.807) is 17.9 Å². The minimum atomic E-state index is -0.132.